The summed E-state index contributed by atoms with van der Waals surface area (Å²) in [6.07, 6.45) is 1.18. The van der Waals surface area contributed by atoms with Gasteiger partial charge in [0.1, 0.15) is 12.2 Å². The Morgan fingerprint density at radius 3 is 2.15 bits per heavy atom. The Bertz CT molecular complexity index is 637. The first-order valence-corrected chi connectivity index (χ1v) is 9.55. The molecule has 5 atom stereocenters. The van der Waals surface area contributed by atoms with Gasteiger partial charge in [0.15, 0.2) is 0 Å². The first-order valence-electron chi connectivity index (χ1n) is 9.55. The highest BCUT2D eigenvalue weighted by Gasteiger charge is 2.63. The van der Waals surface area contributed by atoms with Crippen molar-refractivity contribution in [1.82, 2.24) is 0 Å². The third kappa shape index (κ3) is 4.19. The van der Waals surface area contributed by atoms with E-state index in [0.29, 0.717) is 6.42 Å². The van der Waals surface area contributed by atoms with E-state index >= 15 is 0 Å². The SMILES string of the molecule is C=C1CC[C@H]2C(C)(C)C[C@H](OC(C)=O)[C@H](OC(C)=O)[C@]2(C)[C@H]1COC(C)=O. The monoisotopic (exact) mass is 380 g/mol. The van der Waals surface area contributed by atoms with Gasteiger partial charge < -0.3 is 14.2 Å². The number of hydrogen-bond donors (Lipinski definition) is 0. The maximum atomic E-state index is 11.9. The van der Waals surface area contributed by atoms with Crippen molar-refractivity contribution < 1.29 is 28.6 Å². The van der Waals surface area contributed by atoms with E-state index in [-0.39, 0.29) is 29.8 Å². The van der Waals surface area contributed by atoms with Crippen molar-refractivity contribution in [2.45, 2.75) is 73.0 Å². The lowest BCUT2D eigenvalue weighted by atomic mass is 9.46. The smallest absolute Gasteiger partial charge is 0.303 e. The molecule has 0 aliphatic heterocycles. The van der Waals surface area contributed by atoms with Gasteiger partial charge in [-0.1, -0.05) is 32.9 Å². The topological polar surface area (TPSA) is 78.9 Å². The minimum atomic E-state index is -0.616. The fourth-order valence-corrected chi connectivity index (χ4v) is 5.49. The molecular formula is C21H32O6. The van der Waals surface area contributed by atoms with Crippen molar-refractivity contribution in [3.63, 3.8) is 0 Å². The summed E-state index contributed by atoms with van der Waals surface area (Å²) >= 11 is 0. The van der Waals surface area contributed by atoms with E-state index in [9.17, 15) is 14.4 Å². The fourth-order valence-electron chi connectivity index (χ4n) is 5.49. The highest BCUT2D eigenvalue weighted by Crippen LogP contribution is 2.62. The highest BCUT2D eigenvalue weighted by molar-refractivity contribution is 5.67. The van der Waals surface area contributed by atoms with E-state index in [1.165, 1.54) is 20.8 Å². The number of fused-ring (bicyclic) bond motifs is 1. The molecule has 0 aromatic carbocycles. The summed E-state index contributed by atoms with van der Waals surface area (Å²) < 4.78 is 16.7. The van der Waals surface area contributed by atoms with Gasteiger partial charge in [-0.05, 0) is 30.6 Å². The summed E-state index contributed by atoms with van der Waals surface area (Å²) in [6.45, 7) is 14.9. The zero-order chi connectivity index (χ0) is 20.6. The van der Waals surface area contributed by atoms with Crippen LogP contribution >= 0.6 is 0 Å². The number of carbonyl (C=O) groups excluding carboxylic acids is 3. The van der Waals surface area contributed by atoms with Crippen molar-refractivity contribution in [2.24, 2.45) is 22.7 Å². The predicted octanol–water partition coefficient (Wildman–Crippen LogP) is 3.43. The van der Waals surface area contributed by atoms with Crippen LogP contribution in [0.4, 0.5) is 0 Å². The maximum absolute atomic E-state index is 11.9. The van der Waals surface area contributed by atoms with E-state index in [4.69, 9.17) is 14.2 Å². The molecule has 2 saturated carbocycles. The Morgan fingerprint density at radius 1 is 1.04 bits per heavy atom. The third-order valence-electron chi connectivity index (χ3n) is 6.43. The van der Waals surface area contributed by atoms with Gasteiger partial charge >= 0.3 is 17.9 Å². The summed E-state index contributed by atoms with van der Waals surface area (Å²) in [5, 5.41) is 0. The number of rotatable bonds is 4. The molecule has 0 amide bonds. The van der Waals surface area contributed by atoms with Crippen LogP contribution in [0.1, 0.15) is 60.8 Å². The molecule has 0 bridgehead atoms. The first-order chi connectivity index (χ1) is 12.4. The molecule has 0 unspecified atom stereocenters. The number of esters is 3. The van der Waals surface area contributed by atoms with Crippen molar-refractivity contribution in [3.05, 3.63) is 12.2 Å². The molecule has 2 fully saturated rings. The Morgan fingerprint density at radius 2 is 1.63 bits per heavy atom. The number of ether oxygens (including phenoxy) is 3. The zero-order valence-electron chi connectivity index (χ0n) is 17.3. The van der Waals surface area contributed by atoms with Crippen LogP contribution in [0.3, 0.4) is 0 Å². The maximum Gasteiger partial charge on any atom is 0.303 e. The molecule has 0 aromatic rings. The molecule has 2 rings (SSSR count). The Kier molecular flexibility index (Phi) is 6.07. The van der Waals surface area contributed by atoms with Crippen molar-refractivity contribution in [1.29, 1.82) is 0 Å². The quantitative estimate of drug-likeness (QED) is 0.422. The van der Waals surface area contributed by atoms with Gasteiger partial charge in [-0.3, -0.25) is 14.4 Å². The third-order valence-corrected chi connectivity index (χ3v) is 6.43. The van der Waals surface area contributed by atoms with Gasteiger partial charge in [0.2, 0.25) is 0 Å². The van der Waals surface area contributed by atoms with Gasteiger partial charge in [0, 0.05) is 32.1 Å². The molecule has 0 N–H and O–H groups in total. The normalized spacial score (nSPS) is 35.0. The van der Waals surface area contributed by atoms with Crippen molar-refractivity contribution in [3.8, 4) is 0 Å². The fraction of sp³-hybridized carbons (Fsp3) is 0.762. The highest BCUT2D eigenvalue weighted by atomic mass is 16.6. The van der Waals surface area contributed by atoms with Crippen LogP contribution in [0.25, 0.3) is 0 Å². The second kappa shape index (κ2) is 7.64. The molecule has 27 heavy (non-hydrogen) atoms. The van der Waals surface area contributed by atoms with Gasteiger partial charge in [-0.15, -0.1) is 0 Å². The minimum Gasteiger partial charge on any atom is -0.465 e. The molecule has 0 saturated heterocycles. The minimum absolute atomic E-state index is 0.138. The molecule has 2 aliphatic rings. The summed E-state index contributed by atoms with van der Waals surface area (Å²) in [5.41, 5.74) is 0.283. The van der Waals surface area contributed by atoms with Gasteiger partial charge in [0.05, 0.1) is 6.61 Å². The van der Waals surface area contributed by atoms with E-state index < -0.39 is 29.6 Å². The predicted molar refractivity (Wildman–Crippen MR) is 99.6 cm³/mol. The van der Waals surface area contributed by atoms with E-state index in [1.807, 2.05) is 0 Å². The van der Waals surface area contributed by atoms with Crippen LogP contribution in [0.5, 0.6) is 0 Å². The molecular weight excluding hydrogens is 348 g/mol. The lowest BCUT2D eigenvalue weighted by Crippen LogP contribution is -2.64. The van der Waals surface area contributed by atoms with Gasteiger partial charge in [-0.2, -0.15) is 0 Å². The summed E-state index contributed by atoms with van der Waals surface area (Å²) in [4.78, 5) is 35.1. The molecule has 6 heteroatoms. The second-order valence-electron chi connectivity index (χ2n) is 8.84. The second-order valence-corrected chi connectivity index (χ2v) is 8.84. The number of hydrogen-bond acceptors (Lipinski definition) is 6. The van der Waals surface area contributed by atoms with Crippen LogP contribution in [0, 0.1) is 22.7 Å². The molecule has 2 aliphatic carbocycles. The van der Waals surface area contributed by atoms with Crippen LogP contribution < -0.4 is 0 Å². The molecule has 0 aromatic heterocycles. The van der Waals surface area contributed by atoms with E-state index in [1.54, 1.807) is 0 Å². The first kappa shape index (κ1) is 21.5. The van der Waals surface area contributed by atoms with Crippen molar-refractivity contribution >= 4 is 17.9 Å². The van der Waals surface area contributed by atoms with Crippen LogP contribution in [0.2, 0.25) is 0 Å². The van der Waals surface area contributed by atoms with Crippen molar-refractivity contribution in [2.75, 3.05) is 6.61 Å². The van der Waals surface area contributed by atoms with Crippen LogP contribution in [-0.4, -0.2) is 36.7 Å². The molecule has 0 spiro atoms. The Hall–Kier alpha value is -1.85. The molecule has 152 valence electrons. The largest absolute Gasteiger partial charge is 0.465 e. The van der Waals surface area contributed by atoms with E-state index in [2.05, 4.69) is 27.4 Å². The summed E-state index contributed by atoms with van der Waals surface area (Å²) in [6, 6.07) is 0. The Balaban J connectivity index is 2.54. The molecule has 0 radical (unpaired) electrons. The average Bonchev–Trinajstić information content (AvgIpc) is 2.49. The van der Waals surface area contributed by atoms with Gasteiger partial charge in [-0.25, -0.2) is 0 Å². The molecule has 6 nitrogen and oxygen atoms in total. The average molecular weight is 380 g/mol. The van der Waals surface area contributed by atoms with Crippen LogP contribution in [0.15, 0.2) is 12.2 Å². The summed E-state index contributed by atoms with van der Waals surface area (Å²) in [5.74, 6) is -1.15. The van der Waals surface area contributed by atoms with Gasteiger partial charge in [0.25, 0.3) is 0 Å². The lowest BCUT2D eigenvalue weighted by Gasteiger charge is -2.61. The lowest BCUT2D eigenvalue weighted by molar-refractivity contribution is -0.224. The van der Waals surface area contributed by atoms with E-state index in [0.717, 1.165) is 18.4 Å². The number of carbonyl (C=O) groups is 3. The Labute approximate surface area is 161 Å². The molecule has 0 heterocycles. The standard InChI is InChI=1S/C21H32O6/c1-12-8-9-18-20(5,6)10-17(26-14(3)23)19(27-15(4)24)21(18,7)16(12)11-25-13(2)22/h16-19H,1,8-11H2,2-7H3/t16-,17-,18-,19-,21+/m0/s1. The zero-order valence-corrected chi connectivity index (χ0v) is 17.3. The summed E-state index contributed by atoms with van der Waals surface area (Å²) in [7, 11) is 0. The van der Waals surface area contributed by atoms with Crippen LogP contribution in [-0.2, 0) is 28.6 Å².